The third-order valence-corrected chi connectivity index (χ3v) is 3.48. The lowest BCUT2D eigenvalue weighted by Gasteiger charge is -2.24. The molecule has 0 spiro atoms. The van der Waals surface area contributed by atoms with Gasteiger partial charge >= 0.3 is 0 Å². The van der Waals surface area contributed by atoms with Crippen molar-refractivity contribution >= 4 is 5.91 Å². The SMILES string of the molecule is CCCOC1CCCN(C(=O)C(C)CNC)CC1. The van der Waals surface area contributed by atoms with Gasteiger partial charge in [-0.1, -0.05) is 13.8 Å². The molecule has 1 heterocycles. The first-order valence-corrected chi connectivity index (χ1v) is 7.24. The van der Waals surface area contributed by atoms with Crippen molar-refractivity contribution in [2.75, 3.05) is 33.3 Å². The van der Waals surface area contributed by atoms with Gasteiger partial charge in [-0.2, -0.15) is 0 Å². The molecule has 0 aromatic rings. The summed E-state index contributed by atoms with van der Waals surface area (Å²) in [5.74, 6) is 0.351. The Morgan fingerprint density at radius 3 is 2.89 bits per heavy atom. The molecule has 18 heavy (non-hydrogen) atoms. The second-order valence-corrected chi connectivity index (χ2v) is 5.21. The number of rotatable bonds is 6. The van der Waals surface area contributed by atoms with Crippen LogP contribution in [-0.2, 0) is 9.53 Å². The fourth-order valence-electron chi connectivity index (χ4n) is 2.44. The zero-order valence-electron chi connectivity index (χ0n) is 12.1. The average molecular weight is 256 g/mol. The number of nitrogens with zero attached hydrogens (tertiary/aromatic N) is 1. The van der Waals surface area contributed by atoms with Crippen LogP contribution < -0.4 is 5.32 Å². The molecule has 106 valence electrons. The molecule has 1 fully saturated rings. The minimum absolute atomic E-state index is 0.0723. The Balaban J connectivity index is 2.38. The predicted octanol–water partition coefficient (Wildman–Crippen LogP) is 1.65. The van der Waals surface area contributed by atoms with Gasteiger partial charge in [-0.3, -0.25) is 4.79 Å². The molecule has 2 atom stereocenters. The molecule has 4 nitrogen and oxygen atoms in total. The van der Waals surface area contributed by atoms with E-state index in [1.807, 2.05) is 18.9 Å². The molecule has 1 N–H and O–H groups in total. The highest BCUT2D eigenvalue weighted by molar-refractivity contribution is 5.78. The van der Waals surface area contributed by atoms with Crippen LogP contribution in [0.25, 0.3) is 0 Å². The van der Waals surface area contributed by atoms with E-state index in [4.69, 9.17) is 4.74 Å². The minimum atomic E-state index is 0.0723. The second kappa shape index (κ2) is 8.48. The molecule has 0 aromatic heterocycles. The van der Waals surface area contributed by atoms with Gasteiger partial charge in [0.05, 0.1) is 6.10 Å². The summed E-state index contributed by atoms with van der Waals surface area (Å²) in [5, 5.41) is 3.07. The van der Waals surface area contributed by atoms with E-state index >= 15 is 0 Å². The van der Waals surface area contributed by atoms with Crippen molar-refractivity contribution in [1.82, 2.24) is 10.2 Å². The van der Waals surface area contributed by atoms with Crippen LogP contribution in [0.2, 0.25) is 0 Å². The van der Waals surface area contributed by atoms with Crippen molar-refractivity contribution in [3.05, 3.63) is 0 Å². The molecule has 0 radical (unpaired) electrons. The fourth-order valence-corrected chi connectivity index (χ4v) is 2.44. The van der Waals surface area contributed by atoms with Gasteiger partial charge in [-0.05, 0) is 32.7 Å². The van der Waals surface area contributed by atoms with Gasteiger partial charge in [0, 0.05) is 32.2 Å². The molecule has 0 bridgehead atoms. The van der Waals surface area contributed by atoms with Crippen LogP contribution in [0.1, 0.15) is 39.5 Å². The monoisotopic (exact) mass is 256 g/mol. The number of carbonyl (C=O) groups excluding carboxylic acids is 1. The Bertz CT molecular complexity index is 246. The van der Waals surface area contributed by atoms with E-state index in [1.54, 1.807) is 0 Å². The van der Waals surface area contributed by atoms with Crippen molar-refractivity contribution in [3.63, 3.8) is 0 Å². The fraction of sp³-hybridized carbons (Fsp3) is 0.929. The van der Waals surface area contributed by atoms with Gasteiger partial charge in [-0.15, -0.1) is 0 Å². The summed E-state index contributed by atoms with van der Waals surface area (Å²) in [6.07, 6.45) is 4.55. The van der Waals surface area contributed by atoms with E-state index in [-0.39, 0.29) is 11.8 Å². The molecular weight excluding hydrogens is 228 g/mol. The first-order chi connectivity index (χ1) is 8.69. The Kier molecular flexibility index (Phi) is 7.28. The smallest absolute Gasteiger partial charge is 0.226 e. The van der Waals surface area contributed by atoms with Crippen LogP contribution in [0, 0.1) is 5.92 Å². The molecular formula is C14H28N2O2. The lowest BCUT2D eigenvalue weighted by Crippen LogP contribution is -2.39. The van der Waals surface area contributed by atoms with Crippen LogP contribution in [-0.4, -0.2) is 50.2 Å². The van der Waals surface area contributed by atoms with E-state index in [0.717, 1.165) is 51.9 Å². The van der Waals surface area contributed by atoms with Crippen molar-refractivity contribution in [2.24, 2.45) is 5.92 Å². The molecule has 1 saturated heterocycles. The number of carbonyl (C=O) groups is 1. The number of likely N-dealkylation sites (tertiary alicyclic amines) is 1. The molecule has 1 rings (SSSR count). The van der Waals surface area contributed by atoms with Gasteiger partial charge in [0.1, 0.15) is 0 Å². The highest BCUT2D eigenvalue weighted by atomic mass is 16.5. The summed E-state index contributed by atoms with van der Waals surface area (Å²) in [7, 11) is 1.89. The number of hydrogen-bond acceptors (Lipinski definition) is 3. The summed E-state index contributed by atoms with van der Waals surface area (Å²) in [4.78, 5) is 14.2. The van der Waals surface area contributed by atoms with E-state index in [0.29, 0.717) is 6.10 Å². The van der Waals surface area contributed by atoms with Gasteiger partial charge in [-0.25, -0.2) is 0 Å². The van der Waals surface area contributed by atoms with E-state index in [9.17, 15) is 4.79 Å². The summed E-state index contributed by atoms with van der Waals surface area (Å²) in [6.45, 7) is 7.46. The van der Waals surface area contributed by atoms with E-state index in [1.165, 1.54) is 0 Å². The minimum Gasteiger partial charge on any atom is -0.378 e. The Morgan fingerprint density at radius 1 is 1.44 bits per heavy atom. The molecule has 0 saturated carbocycles. The van der Waals surface area contributed by atoms with E-state index < -0.39 is 0 Å². The number of amides is 1. The standard InChI is InChI=1S/C14H28N2O2/c1-4-10-18-13-6-5-8-16(9-7-13)14(17)12(2)11-15-3/h12-13,15H,4-11H2,1-3H3. The maximum Gasteiger partial charge on any atom is 0.226 e. The zero-order valence-corrected chi connectivity index (χ0v) is 12.1. The topological polar surface area (TPSA) is 41.6 Å². The Labute approximate surface area is 111 Å². The van der Waals surface area contributed by atoms with Crippen molar-refractivity contribution in [2.45, 2.75) is 45.6 Å². The number of nitrogens with one attached hydrogen (secondary N) is 1. The van der Waals surface area contributed by atoms with Crippen LogP contribution in [0.5, 0.6) is 0 Å². The Hall–Kier alpha value is -0.610. The van der Waals surface area contributed by atoms with Crippen LogP contribution in [0.15, 0.2) is 0 Å². The molecule has 1 aliphatic heterocycles. The van der Waals surface area contributed by atoms with Gasteiger partial charge in [0.15, 0.2) is 0 Å². The van der Waals surface area contributed by atoms with E-state index in [2.05, 4.69) is 12.2 Å². The van der Waals surface area contributed by atoms with Crippen molar-refractivity contribution < 1.29 is 9.53 Å². The summed E-state index contributed by atoms with van der Waals surface area (Å²) < 4.78 is 5.80. The first-order valence-electron chi connectivity index (χ1n) is 7.24. The molecule has 1 aliphatic rings. The van der Waals surface area contributed by atoms with Crippen LogP contribution in [0.4, 0.5) is 0 Å². The first kappa shape index (κ1) is 15.4. The predicted molar refractivity (Wildman–Crippen MR) is 73.6 cm³/mol. The third kappa shape index (κ3) is 4.94. The maximum atomic E-state index is 12.2. The zero-order chi connectivity index (χ0) is 13.4. The third-order valence-electron chi connectivity index (χ3n) is 3.48. The summed E-state index contributed by atoms with van der Waals surface area (Å²) in [6, 6.07) is 0. The average Bonchev–Trinajstić information content (AvgIpc) is 2.61. The second-order valence-electron chi connectivity index (χ2n) is 5.21. The van der Waals surface area contributed by atoms with Crippen molar-refractivity contribution in [1.29, 1.82) is 0 Å². The lowest BCUT2D eigenvalue weighted by atomic mass is 10.1. The summed E-state index contributed by atoms with van der Waals surface area (Å²) >= 11 is 0. The highest BCUT2D eigenvalue weighted by Crippen LogP contribution is 2.16. The Morgan fingerprint density at radius 2 is 2.22 bits per heavy atom. The number of hydrogen-bond donors (Lipinski definition) is 1. The number of ether oxygens (including phenoxy) is 1. The normalized spacial score (nSPS) is 22.6. The summed E-state index contributed by atoms with van der Waals surface area (Å²) in [5.41, 5.74) is 0. The van der Waals surface area contributed by atoms with Gasteiger partial charge in [0.25, 0.3) is 0 Å². The molecule has 0 aliphatic carbocycles. The van der Waals surface area contributed by atoms with Gasteiger partial charge in [0.2, 0.25) is 5.91 Å². The van der Waals surface area contributed by atoms with Crippen LogP contribution >= 0.6 is 0 Å². The highest BCUT2D eigenvalue weighted by Gasteiger charge is 2.23. The molecule has 0 aromatic carbocycles. The quantitative estimate of drug-likeness (QED) is 0.785. The lowest BCUT2D eigenvalue weighted by molar-refractivity contribution is -0.134. The molecule has 4 heteroatoms. The van der Waals surface area contributed by atoms with Gasteiger partial charge < -0.3 is 15.0 Å². The van der Waals surface area contributed by atoms with Crippen molar-refractivity contribution in [3.8, 4) is 0 Å². The molecule has 2 unspecified atom stereocenters. The largest absolute Gasteiger partial charge is 0.378 e. The van der Waals surface area contributed by atoms with Crippen LogP contribution in [0.3, 0.4) is 0 Å². The molecule has 1 amide bonds. The maximum absolute atomic E-state index is 12.2.